The number of hydrogen-bond donors (Lipinski definition) is 1. The molecule has 0 unspecified atom stereocenters. The van der Waals surface area contributed by atoms with Gasteiger partial charge in [-0.15, -0.1) is 0 Å². The fraction of sp³-hybridized carbons (Fsp3) is 0.529. The van der Waals surface area contributed by atoms with Crippen molar-refractivity contribution in [1.82, 2.24) is 15.1 Å². The van der Waals surface area contributed by atoms with Gasteiger partial charge in [-0.25, -0.2) is 0 Å². The molecule has 1 aromatic carbocycles. The maximum absolute atomic E-state index is 12.8. The van der Waals surface area contributed by atoms with E-state index in [1.165, 1.54) is 5.69 Å². The summed E-state index contributed by atoms with van der Waals surface area (Å²) in [5, 5.41) is 3.03. The molecule has 0 bridgehead atoms. The van der Waals surface area contributed by atoms with E-state index < -0.39 is 0 Å². The van der Waals surface area contributed by atoms with Gasteiger partial charge in [0.05, 0.1) is 13.1 Å². The molecule has 1 atom stereocenters. The Balaban J connectivity index is 1.76. The highest BCUT2D eigenvalue weighted by atomic mass is 16.2. The molecule has 23 heavy (non-hydrogen) atoms. The maximum Gasteiger partial charge on any atom is 0.242 e. The highest BCUT2D eigenvalue weighted by molar-refractivity contribution is 5.86. The fourth-order valence-corrected chi connectivity index (χ4v) is 3.35. The number of para-hydroxylation sites is 1. The Labute approximate surface area is 137 Å². The molecule has 0 radical (unpaired) electrons. The van der Waals surface area contributed by atoms with E-state index in [0.717, 1.165) is 18.7 Å². The number of amides is 2. The van der Waals surface area contributed by atoms with E-state index >= 15 is 0 Å². The lowest BCUT2D eigenvalue weighted by atomic mass is 10.1. The molecular weight excluding hydrogens is 292 g/mol. The Kier molecular flexibility index (Phi) is 4.52. The zero-order valence-corrected chi connectivity index (χ0v) is 13.8. The van der Waals surface area contributed by atoms with E-state index in [0.29, 0.717) is 19.6 Å². The van der Waals surface area contributed by atoms with E-state index in [1.807, 2.05) is 17.0 Å². The first-order valence-corrected chi connectivity index (χ1v) is 8.13. The first-order chi connectivity index (χ1) is 11.1. The van der Waals surface area contributed by atoms with Gasteiger partial charge in [-0.2, -0.15) is 0 Å². The maximum atomic E-state index is 12.8. The molecule has 2 aliphatic heterocycles. The van der Waals surface area contributed by atoms with Gasteiger partial charge in [0.2, 0.25) is 11.8 Å². The zero-order chi connectivity index (χ0) is 16.4. The van der Waals surface area contributed by atoms with Crippen LogP contribution in [0.3, 0.4) is 0 Å². The van der Waals surface area contributed by atoms with Crippen molar-refractivity contribution in [2.75, 3.05) is 44.7 Å². The van der Waals surface area contributed by atoms with Crippen LogP contribution < -0.4 is 10.2 Å². The fourth-order valence-electron chi connectivity index (χ4n) is 3.35. The number of hydrogen-bond acceptors (Lipinski definition) is 4. The van der Waals surface area contributed by atoms with Crippen LogP contribution in [0.5, 0.6) is 0 Å². The number of nitrogens with one attached hydrogen (secondary N) is 1. The smallest absolute Gasteiger partial charge is 0.242 e. The lowest BCUT2D eigenvalue weighted by molar-refractivity contribution is -0.142. The normalized spacial score (nSPS) is 21.9. The second kappa shape index (κ2) is 6.58. The standard InChI is InChI=1S/C17H24N4O2/c1-13-10-19(2)15-6-4-3-5-14(15)11-21(13)17(23)12-20-8-7-18-9-16(20)22/h3-6,13,18H,7-12H2,1-2H3/t13-/m1/s1. The van der Waals surface area contributed by atoms with Gasteiger partial charge in [0.25, 0.3) is 0 Å². The third-order valence-corrected chi connectivity index (χ3v) is 4.65. The van der Waals surface area contributed by atoms with E-state index in [4.69, 9.17) is 0 Å². The molecular formula is C17H24N4O2. The van der Waals surface area contributed by atoms with Crippen molar-refractivity contribution in [1.29, 1.82) is 0 Å². The van der Waals surface area contributed by atoms with E-state index in [2.05, 4.69) is 36.3 Å². The average Bonchev–Trinajstić information content (AvgIpc) is 2.66. The van der Waals surface area contributed by atoms with Crippen LogP contribution in [0, 0.1) is 0 Å². The predicted octanol–water partition coefficient (Wildman–Crippen LogP) is 0.285. The Morgan fingerprint density at radius 3 is 2.91 bits per heavy atom. The second-order valence-corrected chi connectivity index (χ2v) is 6.37. The van der Waals surface area contributed by atoms with E-state index in [9.17, 15) is 9.59 Å². The average molecular weight is 316 g/mol. The molecule has 2 heterocycles. The van der Waals surface area contributed by atoms with Crippen molar-refractivity contribution in [2.45, 2.75) is 19.5 Å². The van der Waals surface area contributed by atoms with Crippen LogP contribution in [0.15, 0.2) is 24.3 Å². The summed E-state index contributed by atoms with van der Waals surface area (Å²) >= 11 is 0. The third-order valence-electron chi connectivity index (χ3n) is 4.65. The quantitative estimate of drug-likeness (QED) is 0.852. The number of fused-ring (bicyclic) bond motifs is 1. The number of rotatable bonds is 2. The molecule has 6 nitrogen and oxygen atoms in total. The Morgan fingerprint density at radius 2 is 2.13 bits per heavy atom. The van der Waals surface area contributed by atoms with Crippen LogP contribution in [-0.4, -0.2) is 67.4 Å². The lowest BCUT2D eigenvalue weighted by Crippen LogP contribution is -2.53. The molecule has 6 heteroatoms. The van der Waals surface area contributed by atoms with E-state index in [1.54, 1.807) is 4.90 Å². The minimum absolute atomic E-state index is 0.00425. The largest absolute Gasteiger partial charge is 0.372 e. The molecule has 124 valence electrons. The summed E-state index contributed by atoms with van der Waals surface area (Å²) in [4.78, 5) is 30.4. The molecule has 1 fully saturated rings. The number of nitrogens with zero attached hydrogens (tertiary/aromatic N) is 3. The minimum Gasteiger partial charge on any atom is -0.372 e. The second-order valence-electron chi connectivity index (χ2n) is 6.37. The Hall–Kier alpha value is -2.08. The van der Waals surface area contributed by atoms with E-state index in [-0.39, 0.29) is 24.4 Å². The zero-order valence-electron chi connectivity index (χ0n) is 13.8. The monoisotopic (exact) mass is 316 g/mol. The molecule has 2 aliphatic rings. The summed E-state index contributed by atoms with van der Waals surface area (Å²) in [6, 6.07) is 8.30. The third kappa shape index (κ3) is 3.32. The van der Waals surface area contributed by atoms with Gasteiger partial charge in [0, 0.05) is 45.0 Å². The molecule has 0 saturated carbocycles. The highest BCUT2D eigenvalue weighted by Gasteiger charge is 2.29. The van der Waals surface area contributed by atoms with Gasteiger partial charge in [-0.3, -0.25) is 9.59 Å². The number of carbonyl (C=O) groups is 2. The minimum atomic E-state index is 0.00425. The van der Waals surface area contributed by atoms with Crippen LogP contribution in [0.25, 0.3) is 0 Å². The van der Waals surface area contributed by atoms with Crippen LogP contribution >= 0.6 is 0 Å². The van der Waals surface area contributed by atoms with Gasteiger partial charge in [0.15, 0.2) is 0 Å². The van der Waals surface area contributed by atoms with Crippen LogP contribution in [0.1, 0.15) is 12.5 Å². The molecule has 0 aliphatic carbocycles. The van der Waals surface area contributed by atoms with Crippen molar-refractivity contribution in [3.8, 4) is 0 Å². The first kappa shape index (κ1) is 15.8. The van der Waals surface area contributed by atoms with Crippen molar-refractivity contribution in [3.05, 3.63) is 29.8 Å². The number of piperazine rings is 1. The molecule has 0 aromatic heterocycles. The van der Waals surface area contributed by atoms with Crippen LogP contribution in [0.2, 0.25) is 0 Å². The summed E-state index contributed by atoms with van der Waals surface area (Å²) in [5.41, 5.74) is 2.33. The first-order valence-electron chi connectivity index (χ1n) is 8.13. The topological polar surface area (TPSA) is 55.9 Å². The molecule has 1 N–H and O–H groups in total. The number of likely N-dealkylation sites (N-methyl/N-ethyl adjacent to an activating group) is 1. The molecule has 0 spiro atoms. The van der Waals surface area contributed by atoms with Crippen LogP contribution in [-0.2, 0) is 16.1 Å². The Bertz CT molecular complexity index is 604. The highest BCUT2D eigenvalue weighted by Crippen LogP contribution is 2.26. The van der Waals surface area contributed by atoms with Gasteiger partial charge >= 0.3 is 0 Å². The van der Waals surface area contributed by atoms with Crippen molar-refractivity contribution >= 4 is 17.5 Å². The van der Waals surface area contributed by atoms with Crippen molar-refractivity contribution < 1.29 is 9.59 Å². The number of carbonyl (C=O) groups excluding carboxylic acids is 2. The summed E-state index contributed by atoms with van der Waals surface area (Å²) < 4.78 is 0. The molecule has 3 rings (SSSR count). The van der Waals surface area contributed by atoms with Gasteiger partial charge in [-0.1, -0.05) is 18.2 Å². The molecule has 1 saturated heterocycles. The van der Waals surface area contributed by atoms with Gasteiger partial charge in [-0.05, 0) is 18.6 Å². The van der Waals surface area contributed by atoms with Gasteiger partial charge < -0.3 is 20.0 Å². The number of anilines is 1. The predicted molar refractivity (Wildman–Crippen MR) is 89.2 cm³/mol. The summed E-state index contributed by atoms with van der Waals surface area (Å²) in [6.45, 7) is 5.31. The summed E-state index contributed by atoms with van der Waals surface area (Å²) in [6.07, 6.45) is 0. The lowest BCUT2D eigenvalue weighted by Gasteiger charge is -2.32. The molecule has 1 aromatic rings. The SMILES string of the molecule is C[C@@H]1CN(C)c2ccccc2CN1C(=O)CN1CCNCC1=O. The van der Waals surface area contributed by atoms with Crippen molar-refractivity contribution in [3.63, 3.8) is 0 Å². The summed E-state index contributed by atoms with van der Waals surface area (Å²) in [5.74, 6) is 0.0300. The van der Waals surface area contributed by atoms with Crippen LogP contribution in [0.4, 0.5) is 5.69 Å². The number of benzene rings is 1. The van der Waals surface area contributed by atoms with Gasteiger partial charge in [0.1, 0.15) is 0 Å². The summed E-state index contributed by atoms with van der Waals surface area (Å²) in [7, 11) is 2.06. The van der Waals surface area contributed by atoms with Crippen molar-refractivity contribution in [2.24, 2.45) is 0 Å². The Morgan fingerprint density at radius 1 is 1.35 bits per heavy atom. The molecule has 2 amide bonds.